The largest absolute Gasteiger partial charge is 0.507 e. The van der Waals surface area contributed by atoms with E-state index in [1.807, 2.05) is 56.3 Å². The molecule has 0 aliphatic rings. The van der Waals surface area contributed by atoms with Crippen LogP contribution in [0.25, 0.3) is 0 Å². The molecule has 0 radical (unpaired) electrons. The van der Waals surface area contributed by atoms with Gasteiger partial charge in [-0.15, -0.1) is 0 Å². The van der Waals surface area contributed by atoms with Crippen LogP contribution in [-0.4, -0.2) is 11.3 Å². The monoisotopic (exact) mass is 240 g/mol. The zero-order chi connectivity index (χ0) is 13.0. The second-order valence-corrected chi connectivity index (χ2v) is 4.26. The Kier molecular flexibility index (Phi) is 3.63. The van der Waals surface area contributed by atoms with Crippen molar-refractivity contribution in [3.05, 3.63) is 59.2 Å². The van der Waals surface area contributed by atoms with Gasteiger partial charge in [-0.3, -0.25) is 5.43 Å². The van der Waals surface area contributed by atoms with Crippen LogP contribution in [0, 0.1) is 13.8 Å². The van der Waals surface area contributed by atoms with Gasteiger partial charge in [-0.1, -0.05) is 24.3 Å². The number of benzene rings is 2. The van der Waals surface area contributed by atoms with Crippen molar-refractivity contribution >= 4 is 11.9 Å². The van der Waals surface area contributed by atoms with Crippen LogP contribution in [0.2, 0.25) is 0 Å². The van der Waals surface area contributed by atoms with Crippen LogP contribution >= 0.6 is 0 Å². The second kappa shape index (κ2) is 5.36. The quantitative estimate of drug-likeness (QED) is 0.637. The van der Waals surface area contributed by atoms with Gasteiger partial charge in [-0.25, -0.2) is 0 Å². The molecule has 92 valence electrons. The Morgan fingerprint density at radius 2 is 1.83 bits per heavy atom. The predicted octanol–water partition coefficient (Wildman–Crippen LogP) is 3.46. The third kappa shape index (κ3) is 2.88. The highest BCUT2D eigenvalue weighted by Gasteiger charge is 2.02. The average molecular weight is 240 g/mol. The number of hydrogen-bond acceptors (Lipinski definition) is 3. The van der Waals surface area contributed by atoms with Crippen LogP contribution in [0.5, 0.6) is 5.75 Å². The number of aryl methyl sites for hydroxylation is 2. The number of nitrogens with one attached hydrogen (secondary N) is 1. The van der Waals surface area contributed by atoms with Gasteiger partial charge in [0.2, 0.25) is 0 Å². The van der Waals surface area contributed by atoms with Crippen LogP contribution in [-0.2, 0) is 0 Å². The normalized spacial score (nSPS) is 10.8. The molecule has 2 aromatic rings. The SMILES string of the molecule is Cc1cc(C)c(O)c(/C=N/Nc2ccccc2)c1. The van der Waals surface area contributed by atoms with Gasteiger partial charge < -0.3 is 5.11 Å². The van der Waals surface area contributed by atoms with Crippen molar-refractivity contribution in [2.24, 2.45) is 5.10 Å². The Bertz CT molecular complexity index is 562. The fourth-order valence-electron chi connectivity index (χ4n) is 1.78. The first-order chi connectivity index (χ1) is 8.66. The molecule has 2 N–H and O–H groups in total. The van der Waals surface area contributed by atoms with Gasteiger partial charge in [0.1, 0.15) is 5.75 Å². The maximum absolute atomic E-state index is 9.90. The van der Waals surface area contributed by atoms with Crippen molar-refractivity contribution in [2.45, 2.75) is 13.8 Å². The lowest BCUT2D eigenvalue weighted by Gasteiger charge is -2.05. The average Bonchev–Trinajstić information content (AvgIpc) is 2.36. The minimum absolute atomic E-state index is 0.277. The lowest BCUT2D eigenvalue weighted by atomic mass is 10.1. The summed E-state index contributed by atoms with van der Waals surface area (Å²) < 4.78 is 0. The maximum atomic E-state index is 9.90. The van der Waals surface area contributed by atoms with E-state index < -0.39 is 0 Å². The lowest BCUT2D eigenvalue weighted by molar-refractivity contribution is 0.470. The van der Waals surface area contributed by atoms with E-state index in [0.29, 0.717) is 0 Å². The van der Waals surface area contributed by atoms with Crippen molar-refractivity contribution in [2.75, 3.05) is 5.43 Å². The topological polar surface area (TPSA) is 44.6 Å². The van der Waals surface area contributed by atoms with Crippen molar-refractivity contribution in [3.63, 3.8) is 0 Å². The fourth-order valence-corrected chi connectivity index (χ4v) is 1.78. The van der Waals surface area contributed by atoms with Crippen molar-refractivity contribution in [3.8, 4) is 5.75 Å². The number of para-hydroxylation sites is 1. The highest BCUT2D eigenvalue weighted by Crippen LogP contribution is 2.22. The van der Waals surface area contributed by atoms with E-state index >= 15 is 0 Å². The summed E-state index contributed by atoms with van der Waals surface area (Å²) in [4.78, 5) is 0. The van der Waals surface area contributed by atoms with E-state index in [1.54, 1.807) is 6.21 Å². The van der Waals surface area contributed by atoms with Crippen LogP contribution in [0.3, 0.4) is 0 Å². The van der Waals surface area contributed by atoms with Gasteiger partial charge in [0, 0.05) is 5.56 Å². The molecular weight excluding hydrogens is 224 g/mol. The van der Waals surface area contributed by atoms with Gasteiger partial charge in [-0.2, -0.15) is 5.10 Å². The summed E-state index contributed by atoms with van der Waals surface area (Å²) in [5, 5.41) is 14.0. The summed E-state index contributed by atoms with van der Waals surface area (Å²) >= 11 is 0. The number of anilines is 1. The van der Waals surface area contributed by atoms with E-state index in [4.69, 9.17) is 0 Å². The van der Waals surface area contributed by atoms with Gasteiger partial charge in [0.05, 0.1) is 11.9 Å². The molecule has 3 heteroatoms. The summed E-state index contributed by atoms with van der Waals surface area (Å²) in [6.07, 6.45) is 1.63. The zero-order valence-electron chi connectivity index (χ0n) is 10.5. The van der Waals surface area contributed by atoms with E-state index in [-0.39, 0.29) is 5.75 Å². The number of aromatic hydroxyl groups is 1. The van der Waals surface area contributed by atoms with E-state index in [9.17, 15) is 5.11 Å². The Morgan fingerprint density at radius 3 is 2.56 bits per heavy atom. The Balaban J connectivity index is 2.15. The highest BCUT2D eigenvalue weighted by atomic mass is 16.3. The summed E-state index contributed by atoms with van der Waals surface area (Å²) in [6.45, 7) is 3.87. The molecule has 18 heavy (non-hydrogen) atoms. The molecule has 0 spiro atoms. The summed E-state index contributed by atoms with van der Waals surface area (Å²) in [5.74, 6) is 0.277. The molecule has 0 fully saturated rings. The summed E-state index contributed by atoms with van der Waals surface area (Å²) in [6, 6.07) is 13.5. The molecule has 0 bridgehead atoms. The smallest absolute Gasteiger partial charge is 0.127 e. The number of hydrazone groups is 1. The molecule has 0 amide bonds. The molecule has 0 atom stereocenters. The van der Waals surface area contributed by atoms with Crippen LogP contribution in [0.4, 0.5) is 5.69 Å². The first kappa shape index (κ1) is 12.2. The Labute approximate surface area is 107 Å². The molecule has 0 saturated carbocycles. The number of nitrogens with zero attached hydrogens (tertiary/aromatic N) is 1. The molecule has 2 rings (SSSR count). The molecule has 2 aromatic carbocycles. The molecular formula is C15H16N2O. The van der Waals surface area contributed by atoms with Gasteiger partial charge in [-0.05, 0) is 43.2 Å². The van der Waals surface area contributed by atoms with Crippen molar-refractivity contribution < 1.29 is 5.11 Å². The molecule has 0 aliphatic carbocycles. The number of rotatable bonds is 3. The number of hydrogen-bond donors (Lipinski definition) is 2. The summed E-state index contributed by atoms with van der Waals surface area (Å²) in [7, 11) is 0. The highest BCUT2D eigenvalue weighted by molar-refractivity contribution is 5.84. The maximum Gasteiger partial charge on any atom is 0.127 e. The first-order valence-corrected chi connectivity index (χ1v) is 5.81. The predicted molar refractivity (Wildman–Crippen MR) is 75.2 cm³/mol. The number of phenols is 1. The van der Waals surface area contributed by atoms with Crippen molar-refractivity contribution in [1.82, 2.24) is 0 Å². The Morgan fingerprint density at radius 1 is 1.11 bits per heavy atom. The molecule has 0 aromatic heterocycles. The molecule has 0 aliphatic heterocycles. The summed E-state index contributed by atoms with van der Waals surface area (Å²) in [5.41, 5.74) is 6.51. The standard InChI is InChI=1S/C15H16N2O/c1-11-8-12(2)15(18)13(9-11)10-16-17-14-6-4-3-5-7-14/h3-10,17-18H,1-2H3/b16-10+. The number of phenolic OH excluding ortho intramolecular Hbond substituents is 1. The molecule has 3 nitrogen and oxygen atoms in total. The minimum atomic E-state index is 0.277. The fraction of sp³-hybridized carbons (Fsp3) is 0.133. The minimum Gasteiger partial charge on any atom is -0.507 e. The molecule has 0 unspecified atom stereocenters. The van der Waals surface area contributed by atoms with E-state index in [0.717, 1.165) is 22.4 Å². The first-order valence-electron chi connectivity index (χ1n) is 5.81. The second-order valence-electron chi connectivity index (χ2n) is 4.26. The third-order valence-electron chi connectivity index (χ3n) is 2.65. The van der Waals surface area contributed by atoms with Crippen LogP contribution in [0.1, 0.15) is 16.7 Å². The lowest BCUT2D eigenvalue weighted by Crippen LogP contribution is -1.92. The van der Waals surface area contributed by atoms with E-state index in [1.165, 1.54) is 0 Å². The third-order valence-corrected chi connectivity index (χ3v) is 2.65. The van der Waals surface area contributed by atoms with Gasteiger partial charge in [0.15, 0.2) is 0 Å². The zero-order valence-corrected chi connectivity index (χ0v) is 10.5. The van der Waals surface area contributed by atoms with Gasteiger partial charge in [0.25, 0.3) is 0 Å². The van der Waals surface area contributed by atoms with Crippen LogP contribution in [0.15, 0.2) is 47.6 Å². The Hall–Kier alpha value is -2.29. The van der Waals surface area contributed by atoms with Crippen molar-refractivity contribution in [1.29, 1.82) is 0 Å². The van der Waals surface area contributed by atoms with Gasteiger partial charge >= 0.3 is 0 Å². The van der Waals surface area contributed by atoms with Crippen LogP contribution < -0.4 is 5.43 Å². The van der Waals surface area contributed by atoms with E-state index in [2.05, 4.69) is 10.5 Å². The molecule has 0 saturated heterocycles. The molecule has 0 heterocycles.